The molecule has 1 heterocycles. The minimum Gasteiger partial charge on any atom is -0.375 e. The number of amides is 2. The summed E-state index contributed by atoms with van der Waals surface area (Å²) in [5.74, 6) is 0.0567. The quantitative estimate of drug-likeness (QED) is 0.774. The molecule has 0 aromatic heterocycles. The molecule has 0 aromatic rings. The zero-order valence-electron chi connectivity index (χ0n) is 13.3. The van der Waals surface area contributed by atoms with Gasteiger partial charge >= 0.3 is 0 Å². The molecule has 2 rings (SSSR count). The number of hydrogen-bond acceptors (Lipinski definition) is 4. The van der Waals surface area contributed by atoms with Crippen molar-refractivity contribution in [2.45, 2.75) is 44.8 Å². The third kappa shape index (κ3) is 3.55. The Labute approximate surface area is 126 Å². The molecule has 2 aliphatic rings. The zero-order chi connectivity index (χ0) is 15.5. The molecule has 6 heteroatoms. The monoisotopic (exact) mass is 297 g/mol. The maximum atomic E-state index is 12.5. The molecule has 120 valence electrons. The standard InChI is InChI=1S/C15H27N3O3/c1-11-12(16-8-9-21-11)13(19)17-10-15(6-4-5-7-15)14(20)18(2)3/h11-12,16H,4-10H2,1-3H3,(H,17,19)/t11-,12+/m1/s1. The normalized spacial score (nSPS) is 28.1. The van der Waals surface area contributed by atoms with E-state index in [0.717, 1.165) is 25.7 Å². The lowest BCUT2D eigenvalue weighted by atomic mass is 9.84. The molecule has 1 aliphatic carbocycles. The van der Waals surface area contributed by atoms with E-state index in [2.05, 4.69) is 10.6 Å². The van der Waals surface area contributed by atoms with Crippen LogP contribution in [-0.4, -0.2) is 62.7 Å². The van der Waals surface area contributed by atoms with Crippen molar-refractivity contribution in [3.8, 4) is 0 Å². The summed E-state index contributed by atoms with van der Waals surface area (Å²) >= 11 is 0. The van der Waals surface area contributed by atoms with Gasteiger partial charge in [0.2, 0.25) is 11.8 Å². The number of nitrogens with one attached hydrogen (secondary N) is 2. The maximum Gasteiger partial charge on any atom is 0.239 e. The van der Waals surface area contributed by atoms with E-state index in [1.165, 1.54) is 0 Å². The summed E-state index contributed by atoms with van der Waals surface area (Å²) in [4.78, 5) is 26.4. The van der Waals surface area contributed by atoms with E-state index >= 15 is 0 Å². The van der Waals surface area contributed by atoms with Gasteiger partial charge in [-0.2, -0.15) is 0 Å². The van der Waals surface area contributed by atoms with Crippen molar-refractivity contribution in [1.29, 1.82) is 0 Å². The fourth-order valence-corrected chi connectivity index (χ4v) is 3.39. The zero-order valence-corrected chi connectivity index (χ0v) is 13.3. The lowest BCUT2D eigenvalue weighted by Crippen LogP contribution is -2.57. The predicted octanol–water partition coefficient (Wildman–Crippen LogP) is 0.128. The largest absolute Gasteiger partial charge is 0.375 e. The van der Waals surface area contributed by atoms with Gasteiger partial charge in [-0.3, -0.25) is 9.59 Å². The number of morpholine rings is 1. The molecule has 2 atom stereocenters. The van der Waals surface area contributed by atoms with Crippen molar-refractivity contribution in [1.82, 2.24) is 15.5 Å². The summed E-state index contributed by atoms with van der Waals surface area (Å²) in [6.07, 6.45) is 3.68. The van der Waals surface area contributed by atoms with E-state index < -0.39 is 5.41 Å². The molecular formula is C15H27N3O3. The maximum absolute atomic E-state index is 12.5. The molecule has 2 fully saturated rings. The van der Waals surface area contributed by atoms with Gasteiger partial charge in [0.1, 0.15) is 6.04 Å². The van der Waals surface area contributed by atoms with Crippen LogP contribution in [0.4, 0.5) is 0 Å². The van der Waals surface area contributed by atoms with E-state index in [0.29, 0.717) is 19.7 Å². The first-order chi connectivity index (χ1) is 9.96. The van der Waals surface area contributed by atoms with Crippen molar-refractivity contribution in [2.24, 2.45) is 5.41 Å². The van der Waals surface area contributed by atoms with Crippen molar-refractivity contribution in [3.63, 3.8) is 0 Å². The van der Waals surface area contributed by atoms with Crippen LogP contribution in [0.15, 0.2) is 0 Å². The minimum absolute atomic E-state index is 0.0694. The minimum atomic E-state index is -0.419. The van der Waals surface area contributed by atoms with Gasteiger partial charge in [-0.05, 0) is 19.8 Å². The molecule has 1 aliphatic heterocycles. The Bertz CT molecular complexity index is 392. The Morgan fingerprint density at radius 3 is 2.57 bits per heavy atom. The summed E-state index contributed by atoms with van der Waals surface area (Å²) in [6, 6.07) is -0.327. The molecule has 2 amide bonds. The molecule has 0 bridgehead atoms. The summed E-state index contributed by atoms with van der Waals surface area (Å²) in [5, 5.41) is 6.15. The Morgan fingerprint density at radius 1 is 1.33 bits per heavy atom. The molecule has 1 saturated carbocycles. The lowest BCUT2D eigenvalue weighted by Gasteiger charge is -2.33. The molecule has 0 radical (unpaired) electrons. The van der Waals surface area contributed by atoms with Gasteiger partial charge in [0, 0.05) is 27.2 Å². The van der Waals surface area contributed by atoms with Crippen molar-refractivity contribution < 1.29 is 14.3 Å². The predicted molar refractivity (Wildman–Crippen MR) is 79.8 cm³/mol. The third-order valence-corrected chi connectivity index (χ3v) is 4.62. The number of hydrogen-bond donors (Lipinski definition) is 2. The highest BCUT2D eigenvalue weighted by molar-refractivity contribution is 5.86. The molecular weight excluding hydrogens is 270 g/mol. The average molecular weight is 297 g/mol. The summed E-state index contributed by atoms with van der Waals surface area (Å²) in [7, 11) is 3.56. The van der Waals surface area contributed by atoms with Crippen molar-refractivity contribution in [3.05, 3.63) is 0 Å². The van der Waals surface area contributed by atoms with Crippen LogP contribution in [0.3, 0.4) is 0 Å². The highest BCUT2D eigenvalue weighted by atomic mass is 16.5. The van der Waals surface area contributed by atoms with Crippen LogP contribution < -0.4 is 10.6 Å². The molecule has 21 heavy (non-hydrogen) atoms. The Morgan fingerprint density at radius 2 is 2.00 bits per heavy atom. The second kappa shape index (κ2) is 6.75. The second-order valence-electron chi connectivity index (χ2n) is 6.41. The van der Waals surface area contributed by atoms with Crippen LogP contribution >= 0.6 is 0 Å². The van der Waals surface area contributed by atoms with Crippen LogP contribution in [0.25, 0.3) is 0 Å². The van der Waals surface area contributed by atoms with Gasteiger partial charge in [-0.25, -0.2) is 0 Å². The molecule has 6 nitrogen and oxygen atoms in total. The molecule has 2 N–H and O–H groups in total. The smallest absolute Gasteiger partial charge is 0.239 e. The van der Waals surface area contributed by atoms with E-state index in [-0.39, 0.29) is 24.0 Å². The SMILES string of the molecule is C[C@H]1OCCN[C@@H]1C(=O)NCC1(C(=O)N(C)C)CCCC1. The number of carbonyl (C=O) groups excluding carboxylic acids is 2. The average Bonchev–Trinajstić information content (AvgIpc) is 2.94. The first-order valence-corrected chi connectivity index (χ1v) is 7.81. The Balaban J connectivity index is 1.95. The van der Waals surface area contributed by atoms with Crippen LogP contribution in [0.2, 0.25) is 0 Å². The summed E-state index contributed by atoms with van der Waals surface area (Å²) in [6.45, 7) is 3.64. The number of ether oxygens (including phenoxy) is 1. The highest BCUT2D eigenvalue weighted by Gasteiger charge is 2.42. The van der Waals surface area contributed by atoms with E-state index in [1.807, 2.05) is 6.92 Å². The molecule has 1 saturated heterocycles. The third-order valence-electron chi connectivity index (χ3n) is 4.62. The van der Waals surface area contributed by atoms with Crippen molar-refractivity contribution >= 4 is 11.8 Å². The fraction of sp³-hybridized carbons (Fsp3) is 0.867. The van der Waals surface area contributed by atoms with Gasteiger partial charge in [-0.1, -0.05) is 12.8 Å². The summed E-state index contributed by atoms with van der Waals surface area (Å²) < 4.78 is 5.50. The molecule has 0 aromatic carbocycles. The highest BCUT2D eigenvalue weighted by Crippen LogP contribution is 2.38. The first-order valence-electron chi connectivity index (χ1n) is 7.81. The van der Waals surface area contributed by atoms with Crippen LogP contribution in [0.5, 0.6) is 0 Å². The fourth-order valence-electron chi connectivity index (χ4n) is 3.39. The van der Waals surface area contributed by atoms with Gasteiger partial charge in [0.15, 0.2) is 0 Å². The lowest BCUT2D eigenvalue weighted by molar-refractivity contribution is -0.140. The van der Waals surface area contributed by atoms with Gasteiger partial charge in [-0.15, -0.1) is 0 Å². The van der Waals surface area contributed by atoms with Gasteiger partial charge < -0.3 is 20.3 Å². The Hall–Kier alpha value is -1.14. The first kappa shape index (κ1) is 16.2. The Kier molecular flexibility index (Phi) is 5.22. The number of nitrogens with zero attached hydrogens (tertiary/aromatic N) is 1. The van der Waals surface area contributed by atoms with Crippen LogP contribution in [0, 0.1) is 5.41 Å². The van der Waals surface area contributed by atoms with Gasteiger partial charge in [0.05, 0.1) is 18.1 Å². The molecule has 0 unspecified atom stereocenters. The van der Waals surface area contributed by atoms with Crippen molar-refractivity contribution in [2.75, 3.05) is 33.8 Å². The number of rotatable bonds is 4. The van der Waals surface area contributed by atoms with E-state index in [9.17, 15) is 9.59 Å². The summed E-state index contributed by atoms with van der Waals surface area (Å²) in [5.41, 5.74) is -0.419. The number of carbonyl (C=O) groups is 2. The van der Waals surface area contributed by atoms with E-state index in [1.54, 1.807) is 19.0 Å². The van der Waals surface area contributed by atoms with Crippen LogP contribution in [-0.2, 0) is 14.3 Å². The topological polar surface area (TPSA) is 70.7 Å². The van der Waals surface area contributed by atoms with Gasteiger partial charge in [0.25, 0.3) is 0 Å². The second-order valence-corrected chi connectivity index (χ2v) is 6.41. The van der Waals surface area contributed by atoms with E-state index in [4.69, 9.17) is 4.74 Å². The van der Waals surface area contributed by atoms with Crippen LogP contribution in [0.1, 0.15) is 32.6 Å². The molecule has 0 spiro atoms.